The molecule has 0 saturated carbocycles. The van der Waals surface area contributed by atoms with E-state index in [4.69, 9.17) is 14.2 Å². The smallest absolute Gasteiger partial charge is 0.241 e. The van der Waals surface area contributed by atoms with Gasteiger partial charge in [0.05, 0.1) is 18.6 Å². The third-order valence-electron chi connectivity index (χ3n) is 4.01. The fraction of sp³-hybridized carbons (Fsp3) is 0.333. The van der Waals surface area contributed by atoms with Gasteiger partial charge in [0.25, 0.3) is 0 Å². The van der Waals surface area contributed by atoms with Crippen LogP contribution in [0.15, 0.2) is 41.3 Å². The molecule has 6 nitrogen and oxygen atoms in total. The summed E-state index contributed by atoms with van der Waals surface area (Å²) in [7, 11) is -2.11. The predicted octanol–water partition coefficient (Wildman–Crippen LogP) is 2.43. The number of hydrogen-bond donors (Lipinski definition) is 1. The number of para-hydroxylation sites is 2. The maximum Gasteiger partial charge on any atom is 0.241 e. The lowest BCUT2D eigenvalue weighted by atomic mass is 10.1. The molecule has 25 heavy (non-hydrogen) atoms. The molecule has 1 heterocycles. The lowest BCUT2D eigenvalue weighted by Gasteiger charge is -2.26. The summed E-state index contributed by atoms with van der Waals surface area (Å²) in [5.74, 6) is 1.92. The third kappa shape index (κ3) is 3.72. The second kappa shape index (κ2) is 6.93. The van der Waals surface area contributed by atoms with Gasteiger partial charge < -0.3 is 14.2 Å². The zero-order chi connectivity index (χ0) is 18.0. The van der Waals surface area contributed by atoms with Gasteiger partial charge in [0.2, 0.25) is 10.0 Å². The molecule has 0 amide bonds. The van der Waals surface area contributed by atoms with Gasteiger partial charge in [-0.1, -0.05) is 12.1 Å². The van der Waals surface area contributed by atoms with Gasteiger partial charge in [0.1, 0.15) is 18.5 Å². The minimum absolute atomic E-state index is 0.127. The summed E-state index contributed by atoms with van der Waals surface area (Å²) in [6.07, 6.45) is -0.386. The number of ether oxygens (including phenoxy) is 3. The van der Waals surface area contributed by atoms with E-state index in [1.165, 1.54) is 0 Å². The van der Waals surface area contributed by atoms with E-state index < -0.39 is 10.0 Å². The number of fused-ring (bicyclic) bond motifs is 1. The van der Waals surface area contributed by atoms with Crippen LogP contribution < -0.4 is 18.9 Å². The highest BCUT2D eigenvalue weighted by Gasteiger charge is 2.25. The van der Waals surface area contributed by atoms with Crippen LogP contribution in [0.3, 0.4) is 0 Å². The molecule has 0 spiro atoms. The van der Waals surface area contributed by atoms with Crippen LogP contribution in [-0.4, -0.2) is 34.8 Å². The Bertz CT molecular complexity index is 856. The Morgan fingerprint density at radius 2 is 1.80 bits per heavy atom. The molecule has 7 heteroatoms. The highest BCUT2D eigenvalue weighted by atomic mass is 32.2. The molecule has 2 aromatic carbocycles. The van der Waals surface area contributed by atoms with Crippen LogP contribution >= 0.6 is 0 Å². The molecule has 0 radical (unpaired) electrons. The summed E-state index contributed by atoms with van der Waals surface area (Å²) in [4.78, 5) is 0.269. The highest BCUT2D eigenvalue weighted by molar-refractivity contribution is 7.89. The number of aryl methyl sites for hydroxylation is 2. The Labute approximate surface area is 147 Å². The Balaban J connectivity index is 1.73. The van der Waals surface area contributed by atoms with Crippen molar-refractivity contribution in [2.75, 3.05) is 20.3 Å². The maximum absolute atomic E-state index is 12.7. The molecular formula is C18H21NO5S. The van der Waals surface area contributed by atoms with Crippen LogP contribution in [0.4, 0.5) is 0 Å². The molecule has 0 bridgehead atoms. The summed E-state index contributed by atoms with van der Waals surface area (Å²) in [6, 6.07) is 10.7. The minimum Gasteiger partial charge on any atom is -0.497 e. The van der Waals surface area contributed by atoms with Crippen molar-refractivity contribution in [1.29, 1.82) is 0 Å². The number of methoxy groups -OCH3 is 1. The monoisotopic (exact) mass is 363 g/mol. The quantitative estimate of drug-likeness (QED) is 0.883. The molecule has 0 aliphatic carbocycles. The predicted molar refractivity (Wildman–Crippen MR) is 94.0 cm³/mol. The first-order valence-corrected chi connectivity index (χ1v) is 9.42. The summed E-state index contributed by atoms with van der Waals surface area (Å²) in [5, 5.41) is 0. The topological polar surface area (TPSA) is 73.9 Å². The van der Waals surface area contributed by atoms with Gasteiger partial charge in [-0.05, 0) is 49.2 Å². The Morgan fingerprint density at radius 3 is 2.44 bits per heavy atom. The Hall–Kier alpha value is -2.25. The fourth-order valence-electron chi connectivity index (χ4n) is 2.89. The zero-order valence-corrected chi connectivity index (χ0v) is 15.2. The van der Waals surface area contributed by atoms with Gasteiger partial charge >= 0.3 is 0 Å². The molecule has 2 aromatic rings. The van der Waals surface area contributed by atoms with E-state index in [0.29, 0.717) is 35.0 Å². The van der Waals surface area contributed by atoms with E-state index in [1.54, 1.807) is 39.2 Å². The van der Waals surface area contributed by atoms with Crippen LogP contribution in [0.25, 0.3) is 0 Å². The third-order valence-corrected chi connectivity index (χ3v) is 5.73. The normalized spacial score (nSPS) is 16.5. The second-order valence-corrected chi connectivity index (χ2v) is 7.64. The Kier molecular flexibility index (Phi) is 4.87. The largest absolute Gasteiger partial charge is 0.497 e. The zero-order valence-electron chi connectivity index (χ0n) is 14.4. The van der Waals surface area contributed by atoms with Crippen LogP contribution in [0.5, 0.6) is 17.2 Å². The van der Waals surface area contributed by atoms with Crippen molar-refractivity contribution in [2.24, 2.45) is 0 Å². The van der Waals surface area contributed by atoms with Gasteiger partial charge in [-0.15, -0.1) is 0 Å². The molecule has 1 N–H and O–H groups in total. The van der Waals surface area contributed by atoms with Crippen molar-refractivity contribution in [3.8, 4) is 17.2 Å². The molecule has 1 aliphatic rings. The van der Waals surface area contributed by atoms with Crippen molar-refractivity contribution in [3.63, 3.8) is 0 Å². The number of rotatable bonds is 5. The molecule has 0 aromatic heterocycles. The first kappa shape index (κ1) is 17.6. The van der Waals surface area contributed by atoms with E-state index in [9.17, 15) is 8.42 Å². The van der Waals surface area contributed by atoms with Crippen LogP contribution in [0.1, 0.15) is 11.1 Å². The lowest BCUT2D eigenvalue weighted by Crippen LogP contribution is -2.41. The van der Waals surface area contributed by atoms with Gasteiger partial charge in [-0.2, -0.15) is 0 Å². The van der Waals surface area contributed by atoms with Crippen molar-refractivity contribution in [1.82, 2.24) is 4.72 Å². The summed E-state index contributed by atoms with van der Waals surface area (Å²) in [5.41, 5.74) is 1.27. The van der Waals surface area contributed by atoms with Crippen molar-refractivity contribution >= 4 is 10.0 Å². The average Bonchev–Trinajstić information content (AvgIpc) is 2.59. The van der Waals surface area contributed by atoms with Crippen molar-refractivity contribution < 1.29 is 22.6 Å². The van der Waals surface area contributed by atoms with Crippen LogP contribution in [0, 0.1) is 13.8 Å². The molecule has 1 atom stereocenters. The molecule has 0 fully saturated rings. The van der Waals surface area contributed by atoms with E-state index in [0.717, 1.165) is 0 Å². The first-order chi connectivity index (χ1) is 11.9. The van der Waals surface area contributed by atoms with Crippen molar-refractivity contribution in [3.05, 3.63) is 47.5 Å². The van der Waals surface area contributed by atoms with E-state index in [1.807, 2.05) is 18.2 Å². The summed E-state index contributed by atoms with van der Waals surface area (Å²) in [6.45, 7) is 3.92. The molecule has 1 aliphatic heterocycles. The SMILES string of the molecule is COc1cc(C)c(S(=O)(=O)NC[C@@H]2COc3ccccc3O2)c(C)c1. The standard InChI is InChI=1S/C18H21NO5S/c1-12-8-14(22-3)9-13(2)18(12)25(20,21)19-10-15-11-23-16-6-4-5-7-17(16)24-15/h4-9,15,19H,10-11H2,1-3H3/t15-/m1/s1. The first-order valence-electron chi connectivity index (χ1n) is 7.94. The maximum atomic E-state index is 12.7. The molecular weight excluding hydrogens is 342 g/mol. The van der Waals surface area contributed by atoms with Crippen molar-refractivity contribution in [2.45, 2.75) is 24.8 Å². The van der Waals surface area contributed by atoms with Gasteiger partial charge in [0, 0.05) is 0 Å². The lowest BCUT2D eigenvalue weighted by molar-refractivity contribution is 0.0943. The molecule has 0 unspecified atom stereocenters. The van der Waals surface area contributed by atoms with E-state index in [-0.39, 0.29) is 17.5 Å². The molecule has 0 saturated heterocycles. The fourth-order valence-corrected chi connectivity index (χ4v) is 4.41. The number of sulfonamides is 1. The average molecular weight is 363 g/mol. The summed E-state index contributed by atoms with van der Waals surface area (Å²) < 4.78 is 44.6. The molecule has 3 rings (SSSR count). The minimum atomic E-state index is -3.66. The Morgan fingerprint density at radius 1 is 1.16 bits per heavy atom. The summed E-state index contributed by atoms with van der Waals surface area (Å²) >= 11 is 0. The van der Waals surface area contributed by atoms with Gasteiger partial charge in [-0.25, -0.2) is 13.1 Å². The van der Waals surface area contributed by atoms with Gasteiger partial charge in [-0.3, -0.25) is 0 Å². The number of hydrogen-bond acceptors (Lipinski definition) is 5. The second-order valence-electron chi connectivity index (χ2n) is 5.94. The number of nitrogens with one attached hydrogen (secondary N) is 1. The molecule has 134 valence electrons. The number of benzene rings is 2. The van der Waals surface area contributed by atoms with Crippen LogP contribution in [-0.2, 0) is 10.0 Å². The van der Waals surface area contributed by atoms with E-state index in [2.05, 4.69) is 4.72 Å². The van der Waals surface area contributed by atoms with Crippen LogP contribution in [0.2, 0.25) is 0 Å². The van der Waals surface area contributed by atoms with Gasteiger partial charge in [0.15, 0.2) is 11.5 Å². The highest BCUT2D eigenvalue weighted by Crippen LogP contribution is 2.31. The van der Waals surface area contributed by atoms with E-state index >= 15 is 0 Å².